The van der Waals surface area contributed by atoms with E-state index in [1.165, 1.54) is 0 Å². The zero-order valence-electron chi connectivity index (χ0n) is 13.1. The molecule has 0 aliphatic carbocycles. The highest BCUT2D eigenvalue weighted by atomic mass is 16.5. The van der Waals surface area contributed by atoms with E-state index in [0.29, 0.717) is 30.2 Å². The molecule has 0 spiro atoms. The van der Waals surface area contributed by atoms with Crippen LogP contribution in [0.15, 0.2) is 73.1 Å². The van der Waals surface area contributed by atoms with Crippen LogP contribution in [0.3, 0.4) is 0 Å². The molecule has 1 N–H and O–H groups in total. The fourth-order valence-corrected chi connectivity index (χ4v) is 2.19. The first-order valence-electron chi connectivity index (χ1n) is 7.69. The highest BCUT2D eigenvalue weighted by molar-refractivity contribution is 5.96. The number of hydrogen-bond acceptors (Lipinski definition) is 4. The Bertz CT molecular complexity index is 792. The summed E-state index contributed by atoms with van der Waals surface area (Å²) in [5.41, 5.74) is 1.34. The summed E-state index contributed by atoms with van der Waals surface area (Å²) in [7, 11) is 0. The van der Waals surface area contributed by atoms with Crippen LogP contribution in [0.2, 0.25) is 0 Å². The van der Waals surface area contributed by atoms with Gasteiger partial charge in [-0.05, 0) is 36.4 Å². The van der Waals surface area contributed by atoms with E-state index in [-0.39, 0.29) is 5.91 Å². The van der Waals surface area contributed by atoms with Gasteiger partial charge in [0.15, 0.2) is 0 Å². The molecule has 5 nitrogen and oxygen atoms in total. The first kappa shape index (κ1) is 15.7. The number of ether oxygens (including phenoxy) is 1. The molecule has 0 atom stereocenters. The lowest BCUT2D eigenvalue weighted by atomic mass is 10.2. The van der Waals surface area contributed by atoms with Crippen molar-refractivity contribution in [2.24, 2.45) is 0 Å². The van der Waals surface area contributed by atoms with Gasteiger partial charge in [0, 0.05) is 31.1 Å². The molecule has 0 saturated carbocycles. The molecule has 0 aliphatic rings. The van der Waals surface area contributed by atoms with Gasteiger partial charge in [-0.2, -0.15) is 0 Å². The van der Waals surface area contributed by atoms with Crippen molar-refractivity contribution in [3.05, 3.63) is 84.3 Å². The monoisotopic (exact) mass is 319 g/mol. The van der Waals surface area contributed by atoms with Crippen molar-refractivity contribution < 1.29 is 9.53 Å². The number of para-hydroxylation sites is 1. The number of carbonyl (C=O) groups excluding carboxylic acids is 1. The number of hydrogen-bond donors (Lipinski definition) is 1. The van der Waals surface area contributed by atoms with E-state index in [1.54, 1.807) is 24.5 Å². The van der Waals surface area contributed by atoms with Gasteiger partial charge in [-0.25, -0.2) is 4.98 Å². The highest BCUT2D eigenvalue weighted by Crippen LogP contribution is 2.22. The lowest BCUT2D eigenvalue weighted by Gasteiger charge is -2.10. The normalized spacial score (nSPS) is 10.2. The van der Waals surface area contributed by atoms with Crippen molar-refractivity contribution in [1.82, 2.24) is 15.3 Å². The number of pyridine rings is 2. The Morgan fingerprint density at radius 2 is 1.71 bits per heavy atom. The van der Waals surface area contributed by atoms with E-state index < -0.39 is 0 Å². The van der Waals surface area contributed by atoms with Crippen molar-refractivity contribution in [3.8, 4) is 11.6 Å². The second-order valence-electron chi connectivity index (χ2n) is 5.10. The van der Waals surface area contributed by atoms with E-state index in [2.05, 4.69) is 15.3 Å². The predicted molar refractivity (Wildman–Crippen MR) is 91.0 cm³/mol. The van der Waals surface area contributed by atoms with Gasteiger partial charge in [-0.3, -0.25) is 9.78 Å². The molecule has 0 aliphatic heterocycles. The van der Waals surface area contributed by atoms with Crippen molar-refractivity contribution >= 4 is 5.91 Å². The van der Waals surface area contributed by atoms with Gasteiger partial charge >= 0.3 is 0 Å². The molecule has 1 aromatic carbocycles. The van der Waals surface area contributed by atoms with Crippen LogP contribution in [0, 0.1) is 0 Å². The number of aromatic nitrogens is 2. The minimum Gasteiger partial charge on any atom is -0.438 e. The highest BCUT2D eigenvalue weighted by Gasteiger charge is 2.13. The van der Waals surface area contributed by atoms with Crippen LogP contribution in [0.4, 0.5) is 0 Å². The fourth-order valence-electron chi connectivity index (χ4n) is 2.19. The van der Waals surface area contributed by atoms with Crippen LogP contribution in [0.25, 0.3) is 0 Å². The van der Waals surface area contributed by atoms with Crippen LogP contribution < -0.4 is 10.1 Å². The van der Waals surface area contributed by atoms with Crippen molar-refractivity contribution in [2.75, 3.05) is 6.54 Å². The van der Waals surface area contributed by atoms with Gasteiger partial charge in [-0.1, -0.05) is 24.3 Å². The van der Waals surface area contributed by atoms with Crippen LogP contribution in [0.5, 0.6) is 11.6 Å². The Hall–Kier alpha value is -3.21. The molecule has 2 aromatic heterocycles. The Morgan fingerprint density at radius 1 is 0.917 bits per heavy atom. The smallest absolute Gasteiger partial charge is 0.256 e. The van der Waals surface area contributed by atoms with Gasteiger partial charge in [-0.15, -0.1) is 0 Å². The molecule has 5 heteroatoms. The molecule has 0 fully saturated rings. The maximum atomic E-state index is 12.4. The van der Waals surface area contributed by atoms with Crippen LogP contribution in [0.1, 0.15) is 16.1 Å². The number of benzene rings is 1. The number of rotatable bonds is 6. The van der Waals surface area contributed by atoms with Crippen LogP contribution >= 0.6 is 0 Å². The molecule has 0 saturated heterocycles. The summed E-state index contributed by atoms with van der Waals surface area (Å²) >= 11 is 0. The molecule has 3 aromatic rings. The minimum atomic E-state index is -0.218. The van der Waals surface area contributed by atoms with Crippen LogP contribution in [-0.2, 0) is 6.42 Å². The first-order chi connectivity index (χ1) is 11.8. The average molecular weight is 319 g/mol. The Balaban J connectivity index is 1.64. The summed E-state index contributed by atoms with van der Waals surface area (Å²) in [6, 6.07) is 18.4. The topological polar surface area (TPSA) is 64.1 Å². The lowest BCUT2D eigenvalue weighted by molar-refractivity contribution is 0.0951. The number of nitrogens with zero attached hydrogens (tertiary/aromatic N) is 2. The number of amides is 1. The molecule has 0 radical (unpaired) electrons. The summed E-state index contributed by atoms with van der Waals surface area (Å²) in [5.74, 6) is 0.711. The number of carbonyl (C=O) groups is 1. The largest absolute Gasteiger partial charge is 0.438 e. The zero-order valence-corrected chi connectivity index (χ0v) is 13.1. The zero-order chi connectivity index (χ0) is 16.6. The van der Waals surface area contributed by atoms with Crippen molar-refractivity contribution in [2.45, 2.75) is 6.42 Å². The molecule has 24 heavy (non-hydrogen) atoms. The van der Waals surface area contributed by atoms with Crippen molar-refractivity contribution in [1.29, 1.82) is 0 Å². The summed E-state index contributed by atoms with van der Waals surface area (Å²) in [6.07, 6.45) is 4.01. The Kier molecular flexibility index (Phi) is 5.14. The van der Waals surface area contributed by atoms with Crippen molar-refractivity contribution in [3.63, 3.8) is 0 Å². The van der Waals surface area contributed by atoms with E-state index in [4.69, 9.17) is 4.74 Å². The van der Waals surface area contributed by atoms with E-state index in [9.17, 15) is 4.79 Å². The molecule has 3 rings (SSSR count). The molecule has 120 valence electrons. The third-order valence-corrected chi connectivity index (χ3v) is 3.37. The summed E-state index contributed by atoms with van der Waals surface area (Å²) in [4.78, 5) is 20.8. The predicted octanol–water partition coefficient (Wildman–Crippen LogP) is 3.24. The van der Waals surface area contributed by atoms with E-state index in [1.807, 2.05) is 48.5 Å². The minimum absolute atomic E-state index is 0.218. The SMILES string of the molecule is O=C(NCCc1ccccn1)c1cccnc1Oc1ccccc1. The van der Waals surface area contributed by atoms with Gasteiger partial charge in [0.05, 0.1) is 0 Å². The second kappa shape index (κ2) is 7.87. The average Bonchev–Trinajstić information content (AvgIpc) is 2.64. The number of nitrogens with one attached hydrogen (secondary N) is 1. The molecule has 0 unspecified atom stereocenters. The third kappa shape index (κ3) is 4.16. The van der Waals surface area contributed by atoms with Crippen LogP contribution in [-0.4, -0.2) is 22.4 Å². The maximum Gasteiger partial charge on any atom is 0.256 e. The Labute approximate surface area is 140 Å². The van der Waals surface area contributed by atoms with Gasteiger partial charge in [0.2, 0.25) is 5.88 Å². The summed E-state index contributed by atoms with van der Waals surface area (Å²) < 4.78 is 5.71. The fraction of sp³-hybridized carbons (Fsp3) is 0.105. The lowest BCUT2D eigenvalue weighted by Crippen LogP contribution is -2.26. The summed E-state index contributed by atoms with van der Waals surface area (Å²) in [6.45, 7) is 0.496. The van der Waals surface area contributed by atoms with Gasteiger partial charge in [0.25, 0.3) is 5.91 Å². The van der Waals surface area contributed by atoms with E-state index in [0.717, 1.165) is 5.69 Å². The second-order valence-corrected chi connectivity index (χ2v) is 5.10. The standard InChI is InChI=1S/C19H17N3O2/c23-18(21-14-11-15-7-4-5-12-20-15)17-10-6-13-22-19(17)24-16-8-2-1-3-9-16/h1-10,12-13H,11,14H2,(H,21,23). The van der Waals surface area contributed by atoms with E-state index >= 15 is 0 Å². The maximum absolute atomic E-state index is 12.4. The molecule has 1 amide bonds. The molecule has 2 heterocycles. The Morgan fingerprint density at radius 3 is 2.50 bits per heavy atom. The first-order valence-corrected chi connectivity index (χ1v) is 7.69. The third-order valence-electron chi connectivity index (χ3n) is 3.37. The quantitative estimate of drug-likeness (QED) is 0.757. The molecule has 0 bridgehead atoms. The molecular weight excluding hydrogens is 302 g/mol. The van der Waals surface area contributed by atoms with Gasteiger partial charge < -0.3 is 10.1 Å². The van der Waals surface area contributed by atoms with Gasteiger partial charge in [0.1, 0.15) is 11.3 Å². The molecular formula is C19H17N3O2. The summed E-state index contributed by atoms with van der Waals surface area (Å²) in [5, 5.41) is 2.87.